The van der Waals surface area contributed by atoms with Crippen LogP contribution in [0.25, 0.3) is 0 Å². The van der Waals surface area contributed by atoms with Gasteiger partial charge in [0.05, 0.1) is 5.56 Å². The van der Waals surface area contributed by atoms with Gasteiger partial charge in [-0.25, -0.2) is 4.98 Å². The number of nitrogens with zero attached hydrogens (tertiary/aromatic N) is 2. The first-order valence-corrected chi connectivity index (χ1v) is 7.26. The van der Waals surface area contributed by atoms with Gasteiger partial charge in [-0.1, -0.05) is 6.92 Å². The first-order chi connectivity index (χ1) is 8.59. The van der Waals surface area contributed by atoms with E-state index in [2.05, 4.69) is 27.8 Å². The second-order valence-electron chi connectivity index (χ2n) is 5.17. The van der Waals surface area contributed by atoms with Crippen molar-refractivity contribution in [3.05, 3.63) is 28.5 Å². The predicted octanol–water partition coefficient (Wildman–Crippen LogP) is 3.49. The van der Waals surface area contributed by atoms with Crippen molar-refractivity contribution in [2.45, 2.75) is 38.6 Å². The third-order valence-corrected chi connectivity index (χ3v) is 4.47. The van der Waals surface area contributed by atoms with Gasteiger partial charge in [0.25, 0.3) is 5.91 Å². The Hall–Kier alpha value is -0.900. The van der Waals surface area contributed by atoms with E-state index in [1.165, 1.54) is 12.8 Å². The number of carbonyl (C=O) groups excluding carboxylic acids is 1. The lowest BCUT2D eigenvalue weighted by atomic mass is 9.86. The van der Waals surface area contributed by atoms with Crippen molar-refractivity contribution in [3.63, 3.8) is 0 Å². The smallest absolute Gasteiger partial charge is 0.256 e. The van der Waals surface area contributed by atoms with Crippen LogP contribution in [-0.2, 0) is 0 Å². The number of carbonyl (C=O) groups is 1. The van der Waals surface area contributed by atoms with E-state index >= 15 is 0 Å². The highest BCUT2D eigenvalue weighted by atomic mass is 79.9. The van der Waals surface area contributed by atoms with Gasteiger partial charge in [-0.15, -0.1) is 0 Å². The fourth-order valence-electron chi connectivity index (χ4n) is 2.53. The summed E-state index contributed by atoms with van der Waals surface area (Å²) >= 11 is 3.34. The van der Waals surface area contributed by atoms with Crippen molar-refractivity contribution in [1.82, 2.24) is 9.88 Å². The van der Waals surface area contributed by atoms with E-state index in [-0.39, 0.29) is 5.91 Å². The van der Waals surface area contributed by atoms with Crippen molar-refractivity contribution < 1.29 is 4.79 Å². The van der Waals surface area contributed by atoms with Gasteiger partial charge in [-0.05, 0) is 59.7 Å². The number of rotatable bonds is 2. The molecule has 18 heavy (non-hydrogen) atoms. The first kappa shape index (κ1) is 13.5. The quantitative estimate of drug-likeness (QED) is 0.783. The number of pyridine rings is 1. The molecule has 1 fully saturated rings. The molecular weight excluding hydrogens is 292 g/mol. The molecule has 1 aliphatic rings. The molecule has 0 aliphatic heterocycles. The minimum atomic E-state index is 0.0644. The maximum absolute atomic E-state index is 12.4. The lowest BCUT2D eigenvalue weighted by Crippen LogP contribution is -2.39. The molecule has 1 aromatic rings. The van der Waals surface area contributed by atoms with Crippen LogP contribution >= 0.6 is 15.9 Å². The lowest BCUT2D eigenvalue weighted by molar-refractivity contribution is 0.0678. The Morgan fingerprint density at radius 3 is 2.67 bits per heavy atom. The molecule has 4 heteroatoms. The van der Waals surface area contributed by atoms with Crippen LogP contribution in [0.5, 0.6) is 0 Å². The van der Waals surface area contributed by atoms with Gasteiger partial charge in [0.1, 0.15) is 4.60 Å². The minimum absolute atomic E-state index is 0.0644. The molecular formula is C14H19BrN2O. The molecule has 1 heterocycles. The Kier molecular flexibility index (Phi) is 4.38. The first-order valence-electron chi connectivity index (χ1n) is 6.47. The SMILES string of the molecule is CC1CCC(N(C)C(=O)c2cccnc2Br)CC1. The molecule has 2 rings (SSSR count). The largest absolute Gasteiger partial charge is 0.339 e. The van der Waals surface area contributed by atoms with E-state index in [0.29, 0.717) is 16.2 Å². The van der Waals surface area contributed by atoms with Crippen LogP contribution in [0.4, 0.5) is 0 Å². The highest BCUT2D eigenvalue weighted by molar-refractivity contribution is 9.10. The van der Waals surface area contributed by atoms with Gasteiger partial charge in [-0.3, -0.25) is 4.79 Å². The Bertz CT molecular complexity index is 428. The summed E-state index contributed by atoms with van der Waals surface area (Å²) < 4.78 is 0.631. The average molecular weight is 311 g/mol. The third-order valence-electron chi connectivity index (χ3n) is 3.84. The van der Waals surface area contributed by atoms with Crippen LogP contribution in [0.2, 0.25) is 0 Å². The molecule has 1 aliphatic carbocycles. The highest BCUT2D eigenvalue weighted by Crippen LogP contribution is 2.27. The molecule has 0 spiro atoms. The van der Waals surface area contributed by atoms with E-state index in [0.717, 1.165) is 18.8 Å². The molecule has 1 amide bonds. The minimum Gasteiger partial charge on any atom is -0.339 e. The van der Waals surface area contributed by atoms with Gasteiger partial charge < -0.3 is 4.90 Å². The Morgan fingerprint density at radius 2 is 2.06 bits per heavy atom. The van der Waals surface area contributed by atoms with E-state index < -0.39 is 0 Å². The summed E-state index contributed by atoms with van der Waals surface area (Å²) in [6.07, 6.45) is 6.35. The van der Waals surface area contributed by atoms with Gasteiger partial charge in [0.2, 0.25) is 0 Å². The number of halogens is 1. The third kappa shape index (κ3) is 2.91. The molecule has 0 unspecified atom stereocenters. The molecule has 1 saturated carbocycles. The van der Waals surface area contributed by atoms with Crippen LogP contribution in [0, 0.1) is 5.92 Å². The van der Waals surface area contributed by atoms with Gasteiger partial charge in [0.15, 0.2) is 0 Å². The average Bonchev–Trinajstić information content (AvgIpc) is 2.38. The molecule has 0 saturated heterocycles. The summed E-state index contributed by atoms with van der Waals surface area (Å²) in [4.78, 5) is 18.4. The van der Waals surface area contributed by atoms with Gasteiger partial charge in [-0.2, -0.15) is 0 Å². The maximum Gasteiger partial charge on any atom is 0.256 e. The molecule has 0 radical (unpaired) electrons. The van der Waals surface area contributed by atoms with E-state index in [1.807, 2.05) is 18.0 Å². The van der Waals surface area contributed by atoms with E-state index in [1.54, 1.807) is 12.3 Å². The molecule has 0 aromatic carbocycles. The molecule has 98 valence electrons. The van der Waals surface area contributed by atoms with Crippen LogP contribution in [0.15, 0.2) is 22.9 Å². The number of amides is 1. The van der Waals surface area contributed by atoms with Crippen LogP contribution in [0.1, 0.15) is 43.0 Å². The predicted molar refractivity (Wildman–Crippen MR) is 75.5 cm³/mol. The van der Waals surface area contributed by atoms with E-state index in [4.69, 9.17) is 0 Å². The van der Waals surface area contributed by atoms with Crippen molar-refractivity contribution in [3.8, 4) is 0 Å². The molecule has 1 aromatic heterocycles. The standard InChI is InChI=1S/C14H19BrN2O/c1-10-5-7-11(8-6-10)17(2)14(18)12-4-3-9-16-13(12)15/h3-4,9-11H,5-8H2,1-2H3. The van der Waals surface area contributed by atoms with Gasteiger partial charge >= 0.3 is 0 Å². The highest BCUT2D eigenvalue weighted by Gasteiger charge is 2.26. The Morgan fingerprint density at radius 1 is 1.39 bits per heavy atom. The van der Waals surface area contributed by atoms with Crippen molar-refractivity contribution in [1.29, 1.82) is 0 Å². The second kappa shape index (κ2) is 5.83. The van der Waals surface area contributed by atoms with Crippen LogP contribution < -0.4 is 0 Å². The topological polar surface area (TPSA) is 33.2 Å². The van der Waals surface area contributed by atoms with E-state index in [9.17, 15) is 4.79 Å². The summed E-state index contributed by atoms with van der Waals surface area (Å²) in [5.41, 5.74) is 0.652. The fraction of sp³-hybridized carbons (Fsp3) is 0.571. The zero-order valence-corrected chi connectivity index (χ0v) is 12.5. The normalized spacial score (nSPS) is 23.7. The fourth-order valence-corrected chi connectivity index (χ4v) is 2.95. The summed E-state index contributed by atoms with van der Waals surface area (Å²) in [5, 5.41) is 0. The van der Waals surface area contributed by atoms with Gasteiger partial charge in [0, 0.05) is 19.3 Å². The van der Waals surface area contributed by atoms with Crippen LogP contribution in [0.3, 0.4) is 0 Å². The lowest BCUT2D eigenvalue weighted by Gasteiger charge is -2.33. The monoisotopic (exact) mass is 310 g/mol. The van der Waals surface area contributed by atoms with Crippen LogP contribution in [-0.4, -0.2) is 28.9 Å². The number of aromatic nitrogens is 1. The van der Waals surface area contributed by atoms with Crippen molar-refractivity contribution >= 4 is 21.8 Å². The summed E-state index contributed by atoms with van der Waals surface area (Å²) in [6, 6.07) is 4.00. The van der Waals surface area contributed by atoms with Crippen molar-refractivity contribution in [2.75, 3.05) is 7.05 Å². The maximum atomic E-state index is 12.4. The summed E-state index contributed by atoms with van der Waals surface area (Å²) in [7, 11) is 1.91. The Labute approximate surface area is 117 Å². The van der Waals surface area contributed by atoms with Crippen molar-refractivity contribution in [2.24, 2.45) is 5.92 Å². The molecule has 0 atom stereocenters. The zero-order valence-electron chi connectivity index (χ0n) is 10.9. The second-order valence-corrected chi connectivity index (χ2v) is 5.92. The molecule has 3 nitrogen and oxygen atoms in total. The zero-order chi connectivity index (χ0) is 13.1. The number of hydrogen-bond donors (Lipinski definition) is 0. The summed E-state index contributed by atoms with van der Waals surface area (Å²) in [6.45, 7) is 2.29. The Balaban J connectivity index is 2.07. The number of hydrogen-bond acceptors (Lipinski definition) is 2. The molecule has 0 bridgehead atoms. The molecule has 0 N–H and O–H groups in total. The summed E-state index contributed by atoms with van der Waals surface area (Å²) in [5.74, 6) is 0.865.